The van der Waals surface area contributed by atoms with Gasteiger partial charge in [-0.15, -0.1) is 12.4 Å². The molecule has 4 nitrogen and oxygen atoms in total. The summed E-state index contributed by atoms with van der Waals surface area (Å²) >= 11 is 0. The van der Waals surface area contributed by atoms with E-state index in [-0.39, 0.29) is 30.6 Å². The minimum atomic E-state index is -2.84. The van der Waals surface area contributed by atoms with Crippen LogP contribution in [-0.2, 0) is 11.3 Å². The molecule has 1 aromatic carbocycles. The first-order chi connectivity index (χ1) is 9.26. The maximum absolute atomic E-state index is 12.1. The molecule has 0 spiro atoms. The lowest BCUT2D eigenvalue weighted by Gasteiger charge is -2.28. The molecule has 1 rings (SSSR count). The summed E-state index contributed by atoms with van der Waals surface area (Å²) in [5, 5.41) is 0. The number of halogens is 3. The summed E-state index contributed by atoms with van der Waals surface area (Å²) < 4.78 is 28.3. The van der Waals surface area contributed by atoms with E-state index < -0.39 is 12.0 Å². The van der Waals surface area contributed by atoms with E-state index in [1.165, 1.54) is 12.1 Å². The van der Waals surface area contributed by atoms with Gasteiger partial charge in [0.05, 0.1) is 5.41 Å². The molecule has 0 atom stereocenters. The summed E-state index contributed by atoms with van der Waals surface area (Å²) in [4.78, 5) is 13.7. The van der Waals surface area contributed by atoms with Crippen LogP contribution < -0.4 is 10.5 Å². The van der Waals surface area contributed by atoms with Crippen molar-refractivity contribution in [2.24, 2.45) is 11.1 Å². The highest BCUT2D eigenvalue weighted by molar-refractivity contribution is 5.85. The number of carbonyl (C=O) groups is 1. The smallest absolute Gasteiger partial charge is 0.387 e. The van der Waals surface area contributed by atoms with Crippen LogP contribution in [0.25, 0.3) is 0 Å². The first-order valence-corrected chi connectivity index (χ1v) is 6.25. The van der Waals surface area contributed by atoms with Crippen molar-refractivity contribution in [1.82, 2.24) is 4.90 Å². The van der Waals surface area contributed by atoms with Crippen LogP contribution in [0, 0.1) is 5.41 Å². The molecule has 0 aliphatic carbocycles. The Hall–Kier alpha value is -1.40. The molecule has 0 unspecified atom stereocenters. The highest BCUT2D eigenvalue weighted by atomic mass is 35.5. The third-order valence-electron chi connectivity index (χ3n) is 3.00. The zero-order valence-electron chi connectivity index (χ0n) is 12.3. The van der Waals surface area contributed by atoms with Gasteiger partial charge in [-0.05, 0) is 31.5 Å². The molecule has 21 heavy (non-hydrogen) atoms. The Kier molecular flexibility index (Phi) is 7.60. The predicted molar refractivity (Wildman–Crippen MR) is 79.6 cm³/mol. The van der Waals surface area contributed by atoms with Gasteiger partial charge in [0.1, 0.15) is 5.75 Å². The molecular formula is C14H21ClF2N2O2. The lowest BCUT2D eigenvalue weighted by atomic mass is 9.92. The van der Waals surface area contributed by atoms with Crippen molar-refractivity contribution < 1.29 is 18.3 Å². The highest BCUT2D eigenvalue weighted by Crippen LogP contribution is 2.19. The third kappa shape index (κ3) is 5.85. The number of ether oxygens (including phenoxy) is 1. The molecule has 0 radical (unpaired) electrons. The van der Waals surface area contributed by atoms with Gasteiger partial charge < -0.3 is 15.4 Å². The number of rotatable bonds is 6. The van der Waals surface area contributed by atoms with Crippen LogP contribution in [0.3, 0.4) is 0 Å². The molecule has 7 heteroatoms. The third-order valence-corrected chi connectivity index (χ3v) is 3.00. The Bertz CT molecular complexity index is 453. The fourth-order valence-corrected chi connectivity index (χ4v) is 1.73. The van der Waals surface area contributed by atoms with Crippen molar-refractivity contribution in [2.45, 2.75) is 27.0 Å². The number of hydrogen-bond acceptors (Lipinski definition) is 3. The van der Waals surface area contributed by atoms with E-state index in [4.69, 9.17) is 5.73 Å². The van der Waals surface area contributed by atoms with Crippen LogP contribution in [0.2, 0.25) is 0 Å². The van der Waals surface area contributed by atoms with Gasteiger partial charge >= 0.3 is 6.61 Å². The average Bonchev–Trinajstić information content (AvgIpc) is 2.39. The minimum absolute atomic E-state index is 0. The standard InChI is InChI=1S/C14H20F2N2O2.ClH/c1-14(2,9-17)12(19)18(3)8-10-4-6-11(7-5-10)20-13(15)16;/h4-7,13H,8-9,17H2,1-3H3;1H. The van der Waals surface area contributed by atoms with Gasteiger partial charge in [-0.25, -0.2) is 0 Å². The van der Waals surface area contributed by atoms with Crippen LogP contribution in [0.5, 0.6) is 5.75 Å². The maximum Gasteiger partial charge on any atom is 0.387 e. The summed E-state index contributed by atoms with van der Waals surface area (Å²) in [6.45, 7) is 1.38. The second kappa shape index (κ2) is 8.14. The monoisotopic (exact) mass is 322 g/mol. The molecule has 0 heterocycles. The second-order valence-electron chi connectivity index (χ2n) is 5.27. The number of nitrogens with zero attached hydrogens (tertiary/aromatic N) is 1. The molecule has 120 valence electrons. The van der Waals surface area contributed by atoms with Gasteiger partial charge in [0.25, 0.3) is 0 Å². The van der Waals surface area contributed by atoms with Gasteiger partial charge in [0.15, 0.2) is 0 Å². The number of nitrogens with two attached hydrogens (primary N) is 1. The van der Waals surface area contributed by atoms with Crippen molar-refractivity contribution in [3.8, 4) is 5.75 Å². The molecule has 1 amide bonds. The fourth-order valence-electron chi connectivity index (χ4n) is 1.73. The molecule has 0 fully saturated rings. The number of hydrogen-bond donors (Lipinski definition) is 1. The molecule has 2 N–H and O–H groups in total. The van der Waals surface area contributed by atoms with Crippen molar-refractivity contribution in [3.05, 3.63) is 29.8 Å². The quantitative estimate of drug-likeness (QED) is 0.876. The minimum Gasteiger partial charge on any atom is -0.435 e. The van der Waals surface area contributed by atoms with Gasteiger partial charge in [-0.3, -0.25) is 4.79 Å². The Balaban J connectivity index is 0.00000400. The number of carbonyl (C=O) groups excluding carboxylic acids is 1. The first kappa shape index (κ1) is 19.6. The zero-order chi connectivity index (χ0) is 15.3. The molecule has 0 aliphatic rings. The summed E-state index contributed by atoms with van der Waals surface area (Å²) in [5.74, 6) is 0.0351. The SMILES string of the molecule is CN(Cc1ccc(OC(F)F)cc1)C(=O)C(C)(C)CN.Cl. The van der Waals surface area contributed by atoms with E-state index in [1.807, 2.05) is 0 Å². The molecule has 1 aromatic rings. The molecule has 0 saturated carbocycles. The van der Waals surface area contributed by atoms with Gasteiger partial charge in [-0.2, -0.15) is 8.78 Å². The molecular weight excluding hydrogens is 302 g/mol. The number of benzene rings is 1. The van der Waals surface area contributed by atoms with Crippen LogP contribution in [0.1, 0.15) is 19.4 Å². The van der Waals surface area contributed by atoms with Crippen LogP contribution >= 0.6 is 12.4 Å². The van der Waals surface area contributed by atoms with Gasteiger partial charge in [-0.1, -0.05) is 12.1 Å². The van der Waals surface area contributed by atoms with Crippen molar-refractivity contribution in [2.75, 3.05) is 13.6 Å². The van der Waals surface area contributed by atoms with E-state index in [9.17, 15) is 13.6 Å². The largest absolute Gasteiger partial charge is 0.435 e. The zero-order valence-corrected chi connectivity index (χ0v) is 13.1. The summed E-state index contributed by atoms with van der Waals surface area (Å²) in [6.07, 6.45) is 0. The highest BCUT2D eigenvalue weighted by Gasteiger charge is 2.28. The molecule has 0 bridgehead atoms. The first-order valence-electron chi connectivity index (χ1n) is 6.25. The normalized spacial score (nSPS) is 11.0. The van der Waals surface area contributed by atoms with Crippen molar-refractivity contribution in [3.63, 3.8) is 0 Å². The Morgan fingerprint density at radius 2 is 1.86 bits per heavy atom. The van der Waals surface area contributed by atoms with E-state index in [2.05, 4.69) is 4.74 Å². The lowest BCUT2D eigenvalue weighted by Crippen LogP contribution is -2.42. The van der Waals surface area contributed by atoms with E-state index >= 15 is 0 Å². The van der Waals surface area contributed by atoms with Crippen LogP contribution in [-0.4, -0.2) is 31.0 Å². The second-order valence-corrected chi connectivity index (χ2v) is 5.27. The van der Waals surface area contributed by atoms with E-state index in [1.54, 1.807) is 37.9 Å². The molecule has 0 saturated heterocycles. The van der Waals surface area contributed by atoms with Gasteiger partial charge in [0, 0.05) is 20.1 Å². The Labute approximate surface area is 129 Å². The molecule has 0 aromatic heterocycles. The fraction of sp³-hybridized carbons (Fsp3) is 0.500. The van der Waals surface area contributed by atoms with Crippen molar-refractivity contribution in [1.29, 1.82) is 0 Å². The molecule has 0 aliphatic heterocycles. The number of amides is 1. The topological polar surface area (TPSA) is 55.6 Å². The van der Waals surface area contributed by atoms with Gasteiger partial charge in [0.2, 0.25) is 5.91 Å². The Morgan fingerprint density at radius 1 is 1.33 bits per heavy atom. The van der Waals surface area contributed by atoms with Crippen molar-refractivity contribution >= 4 is 18.3 Å². The van der Waals surface area contributed by atoms with E-state index in [0.29, 0.717) is 6.54 Å². The predicted octanol–water partition coefficient (Wildman–Crippen LogP) is 2.65. The van der Waals surface area contributed by atoms with Crippen LogP contribution in [0.4, 0.5) is 8.78 Å². The Morgan fingerprint density at radius 3 is 2.29 bits per heavy atom. The number of alkyl halides is 2. The summed E-state index contributed by atoms with van der Waals surface area (Å²) in [7, 11) is 1.68. The summed E-state index contributed by atoms with van der Waals surface area (Å²) in [6, 6.07) is 6.20. The average molecular weight is 323 g/mol. The summed E-state index contributed by atoms with van der Waals surface area (Å²) in [5.41, 5.74) is 5.78. The maximum atomic E-state index is 12.1. The van der Waals surface area contributed by atoms with Crippen LogP contribution in [0.15, 0.2) is 24.3 Å². The lowest BCUT2D eigenvalue weighted by molar-refractivity contribution is -0.139. The van der Waals surface area contributed by atoms with E-state index in [0.717, 1.165) is 5.56 Å².